The summed E-state index contributed by atoms with van der Waals surface area (Å²) in [7, 11) is 0. The SMILES string of the molecule is CC(C)(C)[C@H](N)C(=O)N1CCC(C(=O)c2c(F)cc(F)cc2F)CC1.Cl. The Morgan fingerprint density at radius 3 is 2.00 bits per heavy atom. The molecule has 1 aromatic carbocycles. The molecule has 0 unspecified atom stereocenters. The van der Waals surface area contributed by atoms with Crippen molar-refractivity contribution in [3.05, 3.63) is 35.1 Å². The predicted octanol–water partition coefficient (Wildman–Crippen LogP) is 3.32. The van der Waals surface area contributed by atoms with Gasteiger partial charge in [0, 0.05) is 31.1 Å². The van der Waals surface area contributed by atoms with Gasteiger partial charge in [-0.05, 0) is 18.3 Å². The number of hydrogen-bond acceptors (Lipinski definition) is 3. The Balaban J connectivity index is 0.00000338. The number of carbonyl (C=O) groups excluding carboxylic acids is 2. The lowest BCUT2D eigenvalue weighted by Crippen LogP contribution is -2.52. The van der Waals surface area contributed by atoms with Crippen LogP contribution in [0.1, 0.15) is 44.0 Å². The van der Waals surface area contributed by atoms with Crippen LogP contribution in [0, 0.1) is 28.8 Å². The number of carbonyl (C=O) groups is 2. The Hall–Kier alpha value is -1.60. The molecule has 2 N–H and O–H groups in total. The molecule has 0 spiro atoms. The van der Waals surface area contributed by atoms with Gasteiger partial charge in [0.05, 0.1) is 11.6 Å². The average Bonchev–Trinajstić information content (AvgIpc) is 2.51. The summed E-state index contributed by atoms with van der Waals surface area (Å²) >= 11 is 0. The van der Waals surface area contributed by atoms with Crippen LogP contribution in [-0.2, 0) is 4.79 Å². The van der Waals surface area contributed by atoms with Gasteiger partial charge in [0.25, 0.3) is 0 Å². The first kappa shape index (κ1) is 22.4. The van der Waals surface area contributed by atoms with Crippen molar-refractivity contribution in [1.82, 2.24) is 4.90 Å². The summed E-state index contributed by atoms with van der Waals surface area (Å²) in [6.07, 6.45) is 0.579. The molecule has 1 aliphatic rings. The second-order valence-electron chi connectivity index (χ2n) is 7.55. The Kier molecular flexibility index (Phi) is 7.24. The predicted molar refractivity (Wildman–Crippen MR) is 94.6 cm³/mol. The minimum absolute atomic E-state index is 0. The summed E-state index contributed by atoms with van der Waals surface area (Å²) in [6, 6.07) is 0.334. The minimum atomic E-state index is -1.20. The van der Waals surface area contributed by atoms with E-state index in [4.69, 9.17) is 5.73 Å². The van der Waals surface area contributed by atoms with E-state index in [1.54, 1.807) is 4.90 Å². The van der Waals surface area contributed by atoms with Crippen LogP contribution in [-0.4, -0.2) is 35.7 Å². The molecule has 1 heterocycles. The van der Waals surface area contributed by atoms with Crippen LogP contribution in [0.25, 0.3) is 0 Å². The molecule has 1 atom stereocenters. The van der Waals surface area contributed by atoms with E-state index in [0.717, 1.165) is 0 Å². The van der Waals surface area contributed by atoms with Gasteiger partial charge in [-0.15, -0.1) is 12.4 Å². The minimum Gasteiger partial charge on any atom is -0.341 e. The standard InChI is InChI=1S/C18H23F3N2O2.ClH/c1-18(2,3)16(22)17(25)23-6-4-10(5-7-23)15(24)14-12(20)8-11(19)9-13(14)21;/h8-10,16H,4-7,22H2,1-3H3;1H/t16-;/m1./s1. The van der Waals surface area contributed by atoms with E-state index in [9.17, 15) is 22.8 Å². The third kappa shape index (κ3) is 4.76. The number of nitrogens with two attached hydrogens (primary N) is 1. The van der Waals surface area contributed by atoms with Gasteiger partial charge < -0.3 is 10.6 Å². The number of amides is 1. The Morgan fingerprint density at radius 2 is 1.58 bits per heavy atom. The van der Waals surface area contributed by atoms with Gasteiger partial charge in [-0.2, -0.15) is 0 Å². The number of Topliss-reactive ketones (excluding diaryl/α,β-unsaturated/α-hetero) is 1. The molecule has 0 saturated carbocycles. The van der Waals surface area contributed by atoms with Crippen LogP contribution < -0.4 is 5.73 Å². The largest absolute Gasteiger partial charge is 0.341 e. The maximum absolute atomic E-state index is 13.8. The number of nitrogens with zero attached hydrogens (tertiary/aromatic N) is 1. The van der Waals surface area contributed by atoms with Gasteiger partial charge >= 0.3 is 0 Å². The van der Waals surface area contributed by atoms with E-state index in [1.165, 1.54) is 0 Å². The normalized spacial score (nSPS) is 16.8. The van der Waals surface area contributed by atoms with Gasteiger partial charge in [-0.3, -0.25) is 9.59 Å². The molecule has 0 aliphatic carbocycles. The molecule has 2 rings (SSSR count). The number of halogens is 4. The maximum Gasteiger partial charge on any atom is 0.240 e. The van der Waals surface area contributed by atoms with Crippen LogP contribution in [0.2, 0.25) is 0 Å². The molecule has 0 aromatic heterocycles. The highest BCUT2D eigenvalue weighted by atomic mass is 35.5. The summed E-state index contributed by atoms with van der Waals surface area (Å²) < 4.78 is 40.5. The fraction of sp³-hybridized carbons (Fsp3) is 0.556. The first-order valence-electron chi connectivity index (χ1n) is 8.25. The topological polar surface area (TPSA) is 63.4 Å². The molecule has 146 valence electrons. The molecular weight excluding hydrogens is 369 g/mol. The highest BCUT2D eigenvalue weighted by Gasteiger charge is 2.35. The maximum atomic E-state index is 13.8. The molecule has 1 aromatic rings. The van der Waals surface area contributed by atoms with Crippen LogP contribution in [0.3, 0.4) is 0 Å². The second kappa shape index (κ2) is 8.39. The highest BCUT2D eigenvalue weighted by Crippen LogP contribution is 2.27. The van der Waals surface area contributed by atoms with Gasteiger partial charge in [0.2, 0.25) is 5.91 Å². The number of likely N-dealkylation sites (tertiary alicyclic amines) is 1. The van der Waals surface area contributed by atoms with Crippen molar-refractivity contribution in [3.63, 3.8) is 0 Å². The van der Waals surface area contributed by atoms with Crippen LogP contribution in [0.5, 0.6) is 0 Å². The molecule has 0 radical (unpaired) electrons. The van der Waals surface area contributed by atoms with Crippen molar-refractivity contribution in [2.24, 2.45) is 17.1 Å². The Morgan fingerprint density at radius 1 is 1.12 bits per heavy atom. The monoisotopic (exact) mass is 392 g/mol. The lowest BCUT2D eigenvalue weighted by molar-refractivity contribution is -0.136. The first-order valence-corrected chi connectivity index (χ1v) is 8.25. The van der Waals surface area contributed by atoms with Gasteiger partial charge in [-0.1, -0.05) is 20.8 Å². The molecule has 1 saturated heterocycles. The Bertz CT molecular complexity index is 660. The average molecular weight is 393 g/mol. The fourth-order valence-corrected chi connectivity index (χ4v) is 2.91. The molecule has 4 nitrogen and oxygen atoms in total. The van der Waals surface area contributed by atoms with Crippen LogP contribution in [0.4, 0.5) is 13.2 Å². The highest BCUT2D eigenvalue weighted by molar-refractivity contribution is 5.98. The van der Waals surface area contributed by atoms with Gasteiger partial charge in [-0.25, -0.2) is 13.2 Å². The van der Waals surface area contributed by atoms with Crippen LogP contribution >= 0.6 is 12.4 Å². The number of ketones is 1. The van der Waals surface area contributed by atoms with E-state index in [0.29, 0.717) is 25.2 Å². The number of rotatable bonds is 3. The van der Waals surface area contributed by atoms with Crippen molar-refractivity contribution in [2.45, 2.75) is 39.7 Å². The molecule has 1 amide bonds. The van der Waals surface area contributed by atoms with E-state index >= 15 is 0 Å². The van der Waals surface area contributed by atoms with E-state index in [1.807, 2.05) is 20.8 Å². The van der Waals surface area contributed by atoms with Crippen LogP contribution in [0.15, 0.2) is 12.1 Å². The summed E-state index contributed by atoms with van der Waals surface area (Å²) in [5.41, 5.74) is 4.88. The zero-order valence-corrected chi connectivity index (χ0v) is 15.8. The van der Waals surface area contributed by atoms with Gasteiger partial charge in [0.1, 0.15) is 17.5 Å². The third-order valence-corrected chi connectivity index (χ3v) is 4.63. The number of benzene rings is 1. The molecule has 1 fully saturated rings. The second-order valence-corrected chi connectivity index (χ2v) is 7.55. The third-order valence-electron chi connectivity index (χ3n) is 4.63. The van der Waals surface area contributed by atoms with Crippen molar-refractivity contribution in [2.75, 3.05) is 13.1 Å². The Labute approximate surface area is 157 Å². The zero-order chi connectivity index (χ0) is 18.9. The molecule has 0 bridgehead atoms. The zero-order valence-electron chi connectivity index (χ0n) is 15.0. The lowest BCUT2D eigenvalue weighted by Gasteiger charge is -2.36. The van der Waals surface area contributed by atoms with E-state index in [-0.39, 0.29) is 36.6 Å². The number of piperidine rings is 1. The molecular formula is C18H24ClF3N2O2. The first-order chi connectivity index (χ1) is 11.5. The van der Waals surface area contributed by atoms with E-state index in [2.05, 4.69) is 0 Å². The van der Waals surface area contributed by atoms with E-state index < -0.39 is 40.8 Å². The smallest absolute Gasteiger partial charge is 0.240 e. The molecule has 8 heteroatoms. The summed E-state index contributed by atoms with van der Waals surface area (Å²) in [5.74, 6) is -4.96. The summed E-state index contributed by atoms with van der Waals surface area (Å²) in [4.78, 5) is 26.4. The number of hydrogen-bond donors (Lipinski definition) is 1. The van der Waals surface area contributed by atoms with Crippen molar-refractivity contribution in [1.29, 1.82) is 0 Å². The van der Waals surface area contributed by atoms with Crippen molar-refractivity contribution in [3.8, 4) is 0 Å². The lowest BCUT2D eigenvalue weighted by atomic mass is 9.84. The van der Waals surface area contributed by atoms with Crippen molar-refractivity contribution >= 4 is 24.1 Å². The fourth-order valence-electron chi connectivity index (χ4n) is 2.91. The summed E-state index contributed by atoms with van der Waals surface area (Å²) in [6.45, 7) is 6.19. The quantitative estimate of drug-likeness (QED) is 0.802. The molecule has 26 heavy (non-hydrogen) atoms. The van der Waals surface area contributed by atoms with Gasteiger partial charge in [0.15, 0.2) is 5.78 Å². The molecule has 1 aliphatic heterocycles. The van der Waals surface area contributed by atoms with Crippen molar-refractivity contribution < 1.29 is 22.8 Å². The summed E-state index contributed by atoms with van der Waals surface area (Å²) in [5, 5.41) is 0.